The van der Waals surface area contributed by atoms with Crippen molar-refractivity contribution in [2.75, 3.05) is 5.73 Å². The third-order valence-corrected chi connectivity index (χ3v) is 0.820. The van der Waals surface area contributed by atoms with Gasteiger partial charge in [-0.3, -0.25) is 0 Å². The average Bonchev–Trinajstić information content (AvgIpc) is 1.80. The number of rotatable bonds is 0. The zero-order valence-electron chi connectivity index (χ0n) is 5.26. The minimum Gasteiger partial charge on any atom is -0.508 e. The van der Waals surface area contributed by atoms with Gasteiger partial charge in [0.1, 0.15) is 5.75 Å². The highest BCUT2D eigenvalue weighted by Crippen LogP contribution is 2.09. The Morgan fingerprint density at radius 1 is 1.50 bits per heavy atom. The highest BCUT2D eigenvalue weighted by Gasteiger charge is 1.82. The summed E-state index contributed by atoms with van der Waals surface area (Å²) in [5.41, 5.74) is 5.79. The number of phenols is 1. The Bertz CT molecular complexity index is 224. The van der Waals surface area contributed by atoms with Crippen molar-refractivity contribution >= 4 is 5.69 Å². The normalized spacial score (nSPS) is 10.8. The van der Waals surface area contributed by atoms with Crippen LogP contribution in [0, 0.1) is 0 Å². The molecule has 2 heteroatoms. The molecule has 0 aliphatic rings. The first-order valence-corrected chi connectivity index (χ1v) is 2.25. The van der Waals surface area contributed by atoms with Gasteiger partial charge in [0.15, 0.2) is 0 Å². The minimum atomic E-state index is -0.0378. The van der Waals surface area contributed by atoms with Crippen molar-refractivity contribution in [1.82, 2.24) is 0 Å². The molecule has 0 amide bonds. The topological polar surface area (TPSA) is 46.2 Å². The van der Waals surface area contributed by atoms with Crippen LogP contribution in [0.15, 0.2) is 24.2 Å². The number of anilines is 1. The van der Waals surface area contributed by atoms with Crippen LogP contribution in [0.3, 0.4) is 0 Å². The van der Waals surface area contributed by atoms with Crippen LogP contribution < -0.4 is 5.73 Å². The predicted octanol–water partition coefficient (Wildman–Crippen LogP) is 0.974. The summed E-state index contributed by atoms with van der Waals surface area (Å²) in [6.07, 6.45) is 0. The third kappa shape index (κ3) is 0.904. The van der Waals surface area contributed by atoms with Crippen LogP contribution in [-0.2, 0) is 0 Å². The Labute approximate surface area is 49.0 Å². The molecule has 0 aliphatic heterocycles. The molecule has 0 fully saturated rings. The highest BCUT2D eigenvalue weighted by atomic mass is 16.3. The molecule has 1 rings (SSSR count). The van der Waals surface area contributed by atoms with Crippen LogP contribution in [0.1, 0.15) is 1.37 Å². The molecule has 0 atom stereocenters. The van der Waals surface area contributed by atoms with E-state index in [2.05, 4.69) is 0 Å². The zero-order chi connectivity index (χ0) is 6.85. The maximum atomic E-state index is 8.80. The lowest BCUT2D eigenvalue weighted by Gasteiger charge is -1.89. The molecular formula is C6H7NO. The summed E-state index contributed by atoms with van der Waals surface area (Å²) in [5.74, 6) is -0.0378. The second-order valence-electron chi connectivity index (χ2n) is 1.51. The summed E-state index contributed by atoms with van der Waals surface area (Å²) in [6.45, 7) is 0. The van der Waals surface area contributed by atoms with E-state index in [1.165, 1.54) is 12.1 Å². The van der Waals surface area contributed by atoms with Crippen molar-refractivity contribution in [3.63, 3.8) is 0 Å². The molecule has 0 saturated carbocycles. The Kier molecular flexibility index (Phi) is 0.821. The van der Waals surface area contributed by atoms with Gasteiger partial charge in [-0.05, 0) is 24.2 Å². The second-order valence-corrected chi connectivity index (χ2v) is 1.51. The van der Waals surface area contributed by atoms with E-state index in [1.54, 1.807) is 6.07 Å². The van der Waals surface area contributed by atoms with E-state index in [-0.39, 0.29) is 11.8 Å². The SMILES string of the molecule is [2H]c1cc(N)ccc1O. The summed E-state index contributed by atoms with van der Waals surface area (Å²) in [5, 5.41) is 8.80. The molecule has 0 bridgehead atoms. The quantitative estimate of drug-likeness (QED) is 0.386. The fourth-order valence-corrected chi connectivity index (χ4v) is 0.429. The second kappa shape index (κ2) is 1.74. The predicted molar refractivity (Wildman–Crippen MR) is 32.5 cm³/mol. The summed E-state index contributed by atoms with van der Waals surface area (Å²) in [6, 6.07) is 4.41. The van der Waals surface area contributed by atoms with Crippen LogP contribution in [0.4, 0.5) is 5.69 Å². The van der Waals surface area contributed by atoms with E-state index >= 15 is 0 Å². The lowest BCUT2D eigenvalue weighted by molar-refractivity contribution is 0.475. The smallest absolute Gasteiger partial charge is 0.115 e. The van der Waals surface area contributed by atoms with Crippen LogP contribution in [-0.4, -0.2) is 5.11 Å². The molecule has 3 N–H and O–H groups in total. The van der Waals surface area contributed by atoms with E-state index < -0.39 is 0 Å². The fourth-order valence-electron chi connectivity index (χ4n) is 0.429. The summed E-state index contributed by atoms with van der Waals surface area (Å²) < 4.78 is 7.03. The number of phenolic OH excluding ortho intramolecular Hbond substituents is 1. The lowest BCUT2D eigenvalue weighted by Crippen LogP contribution is -1.80. The van der Waals surface area contributed by atoms with Crippen molar-refractivity contribution in [2.24, 2.45) is 0 Å². The van der Waals surface area contributed by atoms with Gasteiger partial charge >= 0.3 is 0 Å². The number of nitrogens with two attached hydrogens (primary N) is 1. The van der Waals surface area contributed by atoms with Crippen LogP contribution in [0.5, 0.6) is 5.75 Å². The Morgan fingerprint density at radius 3 is 2.75 bits per heavy atom. The highest BCUT2D eigenvalue weighted by molar-refractivity contribution is 5.40. The molecular weight excluding hydrogens is 102 g/mol. The molecule has 0 aromatic heterocycles. The number of aromatic hydroxyl groups is 1. The average molecular weight is 110 g/mol. The van der Waals surface area contributed by atoms with Crippen molar-refractivity contribution in [3.05, 3.63) is 24.2 Å². The molecule has 42 valence electrons. The Balaban J connectivity index is 3.17. The van der Waals surface area contributed by atoms with Gasteiger partial charge in [-0.2, -0.15) is 0 Å². The van der Waals surface area contributed by atoms with E-state index in [1.807, 2.05) is 0 Å². The standard InChI is InChI=1S/C6H7NO/c7-5-1-3-6(8)4-2-5/h1-4,8H,7H2/i3D. The molecule has 0 unspecified atom stereocenters. The molecule has 2 nitrogen and oxygen atoms in total. The largest absolute Gasteiger partial charge is 0.508 e. The van der Waals surface area contributed by atoms with E-state index in [9.17, 15) is 0 Å². The van der Waals surface area contributed by atoms with Gasteiger partial charge in [-0.1, -0.05) is 0 Å². The monoisotopic (exact) mass is 110 g/mol. The Morgan fingerprint density at radius 2 is 2.25 bits per heavy atom. The molecule has 0 spiro atoms. The molecule has 0 radical (unpaired) electrons. The summed E-state index contributed by atoms with van der Waals surface area (Å²) in [4.78, 5) is 0. The summed E-state index contributed by atoms with van der Waals surface area (Å²) in [7, 11) is 0. The molecule has 1 aromatic rings. The maximum Gasteiger partial charge on any atom is 0.115 e. The third-order valence-electron chi connectivity index (χ3n) is 0.820. The van der Waals surface area contributed by atoms with Crippen molar-refractivity contribution in [3.8, 4) is 5.75 Å². The number of benzene rings is 1. The molecule has 8 heavy (non-hydrogen) atoms. The van der Waals surface area contributed by atoms with E-state index in [0.717, 1.165) is 0 Å². The first-order chi connectivity index (χ1) is 4.20. The van der Waals surface area contributed by atoms with Crippen LogP contribution >= 0.6 is 0 Å². The van der Waals surface area contributed by atoms with Crippen molar-refractivity contribution < 1.29 is 6.48 Å². The van der Waals surface area contributed by atoms with E-state index in [0.29, 0.717) is 5.69 Å². The van der Waals surface area contributed by atoms with Gasteiger partial charge in [0.25, 0.3) is 0 Å². The van der Waals surface area contributed by atoms with Crippen LogP contribution in [0.25, 0.3) is 0 Å². The van der Waals surface area contributed by atoms with Gasteiger partial charge in [0.2, 0.25) is 0 Å². The molecule has 0 heterocycles. The number of hydrogen-bond acceptors (Lipinski definition) is 2. The zero-order valence-corrected chi connectivity index (χ0v) is 4.26. The lowest BCUT2D eigenvalue weighted by atomic mass is 10.3. The van der Waals surface area contributed by atoms with Gasteiger partial charge < -0.3 is 10.8 Å². The first kappa shape index (κ1) is 3.78. The van der Waals surface area contributed by atoms with Gasteiger partial charge in [-0.25, -0.2) is 0 Å². The maximum absolute atomic E-state index is 8.80. The fraction of sp³-hybridized carbons (Fsp3) is 0. The van der Waals surface area contributed by atoms with Crippen LogP contribution in [0.2, 0.25) is 0 Å². The molecule has 0 saturated heterocycles. The van der Waals surface area contributed by atoms with Crippen molar-refractivity contribution in [2.45, 2.75) is 0 Å². The van der Waals surface area contributed by atoms with Gasteiger partial charge in [0.05, 0.1) is 1.37 Å². The first-order valence-electron chi connectivity index (χ1n) is 2.75. The van der Waals surface area contributed by atoms with Gasteiger partial charge in [0, 0.05) is 5.69 Å². The van der Waals surface area contributed by atoms with E-state index in [4.69, 9.17) is 12.2 Å². The molecule has 1 aromatic carbocycles. The van der Waals surface area contributed by atoms with Crippen molar-refractivity contribution in [1.29, 1.82) is 0 Å². The summed E-state index contributed by atoms with van der Waals surface area (Å²) >= 11 is 0. The molecule has 0 aliphatic carbocycles. The Hall–Kier alpha value is -1.18. The number of hydrogen-bond donors (Lipinski definition) is 2. The van der Waals surface area contributed by atoms with Gasteiger partial charge in [-0.15, -0.1) is 0 Å². The number of nitrogen functional groups attached to an aromatic ring is 1. The minimum absolute atomic E-state index is 0.0378.